The lowest BCUT2D eigenvalue weighted by molar-refractivity contribution is -0.136. The van der Waals surface area contributed by atoms with Crippen LogP contribution in [-0.4, -0.2) is 11.1 Å². The molecule has 0 unspecified atom stereocenters. The number of allylic oxidation sites excluding steroid dienone is 5. The Labute approximate surface area is 137 Å². The second-order valence-electron chi connectivity index (χ2n) is 5.70. The molecule has 0 atom stereocenters. The van der Waals surface area contributed by atoms with Gasteiger partial charge < -0.3 is 5.11 Å². The van der Waals surface area contributed by atoms with Crippen molar-refractivity contribution in [1.29, 1.82) is 0 Å². The van der Waals surface area contributed by atoms with Crippen LogP contribution in [-0.2, 0) is 4.79 Å². The maximum atomic E-state index is 10.3. The normalized spacial score (nSPS) is 12.0. The molecule has 2 nitrogen and oxygen atoms in total. The van der Waals surface area contributed by atoms with E-state index < -0.39 is 5.97 Å². The largest absolute Gasteiger partial charge is 0.481 e. The summed E-state index contributed by atoms with van der Waals surface area (Å²) in [6, 6.07) is 0. The predicted octanol–water partition coefficient (Wildman–Crippen LogP) is 6.44. The summed E-state index contributed by atoms with van der Waals surface area (Å²) in [5, 5.41) is 8.48. The molecule has 0 aromatic heterocycles. The third-order valence-corrected chi connectivity index (χ3v) is 3.51. The molecule has 0 aromatic carbocycles. The van der Waals surface area contributed by atoms with Crippen LogP contribution in [0, 0.1) is 0 Å². The molecule has 126 valence electrons. The Bertz CT molecular complexity index is 327. The van der Waals surface area contributed by atoms with Crippen LogP contribution in [0.5, 0.6) is 0 Å². The van der Waals surface area contributed by atoms with Crippen LogP contribution in [0.4, 0.5) is 0 Å². The molecule has 22 heavy (non-hydrogen) atoms. The number of rotatable bonds is 15. The Kier molecular flexibility index (Phi) is 16.7. The quantitative estimate of drug-likeness (QED) is 0.279. The fraction of sp³-hybridized carbons (Fsp3) is 0.650. The number of aliphatic carboxylic acids is 1. The molecule has 0 aromatic rings. The Morgan fingerprint density at radius 3 is 1.55 bits per heavy atom. The van der Waals surface area contributed by atoms with Crippen LogP contribution in [0.2, 0.25) is 0 Å². The molecular formula is C20H34O2. The second kappa shape index (κ2) is 17.7. The van der Waals surface area contributed by atoms with Gasteiger partial charge in [-0.15, -0.1) is 0 Å². The van der Waals surface area contributed by atoms with Crippen molar-refractivity contribution in [1.82, 2.24) is 0 Å². The lowest BCUT2D eigenvalue weighted by Gasteiger charge is -1.97. The first kappa shape index (κ1) is 20.7. The zero-order valence-electron chi connectivity index (χ0n) is 14.3. The highest BCUT2D eigenvalue weighted by Gasteiger charge is 1.90. The summed E-state index contributed by atoms with van der Waals surface area (Å²) in [7, 11) is 0. The maximum absolute atomic E-state index is 10.3. The van der Waals surface area contributed by atoms with Gasteiger partial charge in [0, 0.05) is 0 Å². The number of hydrogen-bond donors (Lipinski definition) is 1. The van der Waals surface area contributed by atoms with E-state index in [1.807, 2.05) is 6.08 Å². The molecule has 0 spiro atoms. The number of hydrogen-bond acceptors (Lipinski definition) is 1. The van der Waals surface area contributed by atoms with Gasteiger partial charge in [-0.2, -0.15) is 0 Å². The summed E-state index contributed by atoms with van der Waals surface area (Å²) in [6.45, 7) is 2.18. The Hall–Kier alpha value is -1.31. The van der Waals surface area contributed by atoms with E-state index in [-0.39, 0.29) is 6.42 Å². The van der Waals surface area contributed by atoms with E-state index in [1.54, 1.807) is 6.08 Å². The molecule has 0 aliphatic carbocycles. The second-order valence-corrected chi connectivity index (χ2v) is 5.70. The topological polar surface area (TPSA) is 37.3 Å². The van der Waals surface area contributed by atoms with Gasteiger partial charge in [-0.1, -0.05) is 56.2 Å². The molecular weight excluding hydrogens is 272 g/mol. The van der Waals surface area contributed by atoms with Crippen molar-refractivity contribution in [3.05, 3.63) is 36.5 Å². The molecule has 0 saturated carbocycles. The van der Waals surface area contributed by atoms with E-state index in [4.69, 9.17) is 5.11 Å². The van der Waals surface area contributed by atoms with Crippen molar-refractivity contribution in [2.75, 3.05) is 0 Å². The van der Waals surface area contributed by atoms with Gasteiger partial charge in [0.25, 0.3) is 0 Å². The highest BCUT2D eigenvalue weighted by Crippen LogP contribution is 2.08. The van der Waals surface area contributed by atoms with Gasteiger partial charge in [-0.25, -0.2) is 0 Å². The minimum Gasteiger partial charge on any atom is -0.481 e. The first-order valence-corrected chi connectivity index (χ1v) is 8.94. The van der Waals surface area contributed by atoms with E-state index in [0.29, 0.717) is 0 Å². The number of unbranched alkanes of at least 4 members (excludes halogenated alkanes) is 8. The van der Waals surface area contributed by atoms with E-state index in [2.05, 4.69) is 31.2 Å². The third kappa shape index (κ3) is 18.7. The van der Waals surface area contributed by atoms with Gasteiger partial charge in [0.15, 0.2) is 0 Å². The molecule has 0 aliphatic rings. The van der Waals surface area contributed by atoms with Crippen LogP contribution in [0.15, 0.2) is 36.5 Å². The summed E-state index contributed by atoms with van der Waals surface area (Å²) in [5.41, 5.74) is 0. The van der Waals surface area contributed by atoms with Crippen LogP contribution < -0.4 is 0 Å². The van der Waals surface area contributed by atoms with Gasteiger partial charge in [0.2, 0.25) is 0 Å². The van der Waals surface area contributed by atoms with Gasteiger partial charge in [0.05, 0.1) is 6.42 Å². The standard InChI is InChI=1S/C20H34O2/c1-2-3-4-5-6-7-8-9-10-11-12-13-14-15-16-17-18-19-20(21)22/h3-4,11-12,17-18H,2,5-10,13-16,19H2,1H3,(H,21,22)/b4-3+,12-11+,18-17+. The summed E-state index contributed by atoms with van der Waals surface area (Å²) < 4.78 is 0. The first-order valence-electron chi connectivity index (χ1n) is 8.94. The smallest absolute Gasteiger partial charge is 0.307 e. The first-order chi connectivity index (χ1) is 10.8. The average molecular weight is 306 g/mol. The molecule has 0 heterocycles. The molecule has 0 radical (unpaired) electrons. The summed E-state index contributed by atoms with van der Waals surface area (Å²) in [5.74, 6) is -0.753. The van der Waals surface area contributed by atoms with Crippen molar-refractivity contribution in [3.63, 3.8) is 0 Å². The molecule has 0 fully saturated rings. The number of carboxylic acids is 1. The van der Waals surface area contributed by atoms with Crippen molar-refractivity contribution in [2.24, 2.45) is 0 Å². The number of carboxylic acid groups (broad SMARTS) is 1. The summed E-state index contributed by atoms with van der Waals surface area (Å²) >= 11 is 0. The van der Waals surface area contributed by atoms with Crippen LogP contribution >= 0.6 is 0 Å². The van der Waals surface area contributed by atoms with Crippen LogP contribution in [0.25, 0.3) is 0 Å². The SMILES string of the molecule is CC/C=C/CCCCCC/C=C/CCCC/C=C/CC(=O)O. The summed E-state index contributed by atoms with van der Waals surface area (Å²) in [4.78, 5) is 10.3. The Balaban J connectivity index is 3.19. The van der Waals surface area contributed by atoms with Crippen molar-refractivity contribution in [3.8, 4) is 0 Å². The Morgan fingerprint density at radius 1 is 0.682 bits per heavy atom. The molecule has 1 N–H and O–H groups in total. The van der Waals surface area contributed by atoms with Crippen LogP contribution in [0.3, 0.4) is 0 Å². The molecule has 0 aliphatic heterocycles. The minimum absolute atomic E-state index is 0.148. The highest BCUT2D eigenvalue weighted by molar-refractivity contribution is 5.68. The predicted molar refractivity (Wildman–Crippen MR) is 96.1 cm³/mol. The summed E-state index contributed by atoms with van der Waals surface area (Å²) in [6.07, 6.45) is 26.5. The van der Waals surface area contributed by atoms with E-state index in [0.717, 1.165) is 25.7 Å². The van der Waals surface area contributed by atoms with Gasteiger partial charge in [0.1, 0.15) is 0 Å². The van der Waals surface area contributed by atoms with E-state index >= 15 is 0 Å². The molecule has 2 heteroatoms. The monoisotopic (exact) mass is 306 g/mol. The van der Waals surface area contributed by atoms with Crippen molar-refractivity contribution in [2.45, 2.75) is 84.0 Å². The zero-order chi connectivity index (χ0) is 16.3. The van der Waals surface area contributed by atoms with Crippen molar-refractivity contribution >= 4 is 5.97 Å². The third-order valence-electron chi connectivity index (χ3n) is 3.51. The zero-order valence-corrected chi connectivity index (χ0v) is 14.3. The maximum Gasteiger partial charge on any atom is 0.307 e. The molecule has 0 amide bonds. The lowest BCUT2D eigenvalue weighted by Crippen LogP contribution is -1.89. The molecule has 0 saturated heterocycles. The number of carbonyl (C=O) groups is 1. The highest BCUT2D eigenvalue weighted by atomic mass is 16.4. The van der Waals surface area contributed by atoms with Gasteiger partial charge in [-0.05, 0) is 57.8 Å². The van der Waals surface area contributed by atoms with Gasteiger partial charge >= 0.3 is 5.97 Å². The fourth-order valence-electron chi connectivity index (χ4n) is 2.22. The Morgan fingerprint density at radius 2 is 1.09 bits per heavy atom. The van der Waals surface area contributed by atoms with E-state index in [1.165, 1.54) is 44.9 Å². The molecule has 0 rings (SSSR count). The van der Waals surface area contributed by atoms with Gasteiger partial charge in [-0.3, -0.25) is 4.79 Å². The van der Waals surface area contributed by atoms with E-state index in [9.17, 15) is 4.79 Å². The fourth-order valence-corrected chi connectivity index (χ4v) is 2.22. The average Bonchev–Trinajstić information content (AvgIpc) is 2.50. The van der Waals surface area contributed by atoms with Crippen molar-refractivity contribution < 1.29 is 9.90 Å². The minimum atomic E-state index is -0.753. The lowest BCUT2D eigenvalue weighted by atomic mass is 10.1. The van der Waals surface area contributed by atoms with Crippen LogP contribution in [0.1, 0.15) is 84.0 Å². The molecule has 0 bridgehead atoms.